The Hall–Kier alpha value is -1.75. The zero-order valence-electron chi connectivity index (χ0n) is 16.4. The summed E-state index contributed by atoms with van der Waals surface area (Å²) in [6, 6.07) is 7.77. The highest BCUT2D eigenvalue weighted by atomic mass is 16.5. The molecule has 1 amide bonds. The third-order valence-corrected chi connectivity index (χ3v) is 6.57. The van der Waals surface area contributed by atoms with Crippen LogP contribution in [-0.2, 0) is 4.79 Å². The number of methoxy groups -OCH3 is 1. The molecule has 3 fully saturated rings. The molecule has 1 aromatic rings. The van der Waals surface area contributed by atoms with Gasteiger partial charge in [-0.2, -0.15) is 0 Å². The van der Waals surface area contributed by atoms with Gasteiger partial charge in [-0.05, 0) is 43.2 Å². The average Bonchev–Trinajstić information content (AvgIpc) is 3.46. The van der Waals surface area contributed by atoms with Gasteiger partial charge in [0.2, 0.25) is 5.91 Å². The standard InChI is InChI=1S/C22H32N2O3/c1-26-19-9-4-5-10-20(19)27-16-6-11-23-12-14-24(15-13-23)22(25)21-17-7-2-3-8-18(17)21/h4-5,9-10,17-18,21H,2-3,6-8,11-16H2,1H3/t17-,18-/m0/s1. The van der Waals surface area contributed by atoms with E-state index in [0.29, 0.717) is 18.4 Å². The number of rotatable bonds is 7. The van der Waals surface area contributed by atoms with E-state index in [0.717, 1.165) is 62.5 Å². The number of benzene rings is 1. The molecule has 0 radical (unpaired) electrons. The molecule has 5 heteroatoms. The summed E-state index contributed by atoms with van der Waals surface area (Å²) in [5, 5.41) is 0. The van der Waals surface area contributed by atoms with Crippen molar-refractivity contribution in [1.82, 2.24) is 9.80 Å². The molecule has 0 bridgehead atoms. The van der Waals surface area contributed by atoms with Crippen LogP contribution in [0.4, 0.5) is 0 Å². The maximum absolute atomic E-state index is 12.8. The van der Waals surface area contributed by atoms with E-state index in [4.69, 9.17) is 9.47 Å². The fraction of sp³-hybridized carbons (Fsp3) is 0.682. The Morgan fingerprint density at radius 1 is 1.04 bits per heavy atom. The first-order chi connectivity index (χ1) is 13.3. The fourth-order valence-electron chi connectivity index (χ4n) is 4.97. The van der Waals surface area contributed by atoms with Crippen molar-refractivity contribution in [2.45, 2.75) is 32.1 Å². The summed E-state index contributed by atoms with van der Waals surface area (Å²) in [5.74, 6) is 3.85. The molecule has 4 rings (SSSR count). The number of ether oxygens (including phenoxy) is 2. The number of amides is 1. The molecule has 1 saturated heterocycles. The second-order valence-corrected chi connectivity index (χ2v) is 8.16. The van der Waals surface area contributed by atoms with Gasteiger partial charge in [-0.15, -0.1) is 0 Å². The molecular weight excluding hydrogens is 340 g/mol. The van der Waals surface area contributed by atoms with E-state index >= 15 is 0 Å². The van der Waals surface area contributed by atoms with Crippen LogP contribution in [-0.4, -0.2) is 62.1 Å². The Labute approximate surface area is 162 Å². The Morgan fingerprint density at radius 3 is 2.37 bits per heavy atom. The van der Waals surface area contributed by atoms with Gasteiger partial charge >= 0.3 is 0 Å². The van der Waals surface area contributed by atoms with E-state index in [9.17, 15) is 4.79 Å². The Kier molecular flexibility index (Phi) is 5.86. The summed E-state index contributed by atoms with van der Waals surface area (Å²) >= 11 is 0. The second-order valence-electron chi connectivity index (χ2n) is 8.16. The van der Waals surface area contributed by atoms with Gasteiger partial charge in [-0.3, -0.25) is 9.69 Å². The molecule has 148 valence electrons. The molecule has 3 aliphatic rings. The lowest BCUT2D eigenvalue weighted by molar-refractivity contribution is -0.135. The number of piperazine rings is 1. The number of fused-ring (bicyclic) bond motifs is 1. The predicted molar refractivity (Wildman–Crippen MR) is 105 cm³/mol. The minimum absolute atomic E-state index is 0.369. The van der Waals surface area contributed by atoms with Crippen LogP contribution in [0.1, 0.15) is 32.1 Å². The molecule has 0 aromatic heterocycles. The van der Waals surface area contributed by atoms with Crippen LogP contribution < -0.4 is 9.47 Å². The minimum Gasteiger partial charge on any atom is -0.493 e. The Balaban J connectivity index is 1.14. The van der Waals surface area contributed by atoms with Crippen molar-refractivity contribution in [1.29, 1.82) is 0 Å². The molecule has 0 spiro atoms. The molecule has 0 unspecified atom stereocenters. The van der Waals surface area contributed by atoms with Gasteiger partial charge in [0.15, 0.2) is 11.5 Å². The first-order valence-electron chi connectivity index (χ1n) is 10.5. The zero-order valence-corrected chi connectivity index (χ0v) is 16.4. The maximum Gasteiger partial charge on any atom is 0.226 e. The highest BCUT2D eigenvalue weighted by Gasteiger charge is 2.55. The molecule has 1 aliphatic heterocycles. The number of hydrogen-bond acceptors (Lipinski definition) is 4. The largest absolute Gasteiger partial charge is 0.493 e. The monoisotopic (exact) mass is 372 g/mol. The summed E-state index contributed by atoms with van der Waals surface area (Å²) in [6.07, 6.45) is 6.21. The van der Waals surface area contributed by atoms with Crippen LogP contribution in [0.25, 0.3) is 0 Å². The Bertz CT molecular complexity index is 630. The summed E-state index contributed by atoms with van der Waals surface area (Å²) in [6.45, 7) is 5.46. The van der Waals surface area contributed by atoms with Gasteiger partial charge in [-0.1, -0.05) is 25.0 Å². The molecule has 5 nitrogen and oxygen atoms in total. The van der Waals surface area contributed by atoms with Crippen molar-refractivity contribution in [2.24, 2.45) is 17.8 Å². The van der Waals surface area contributed by atoms with Gasteiger partial charge < -0.3 is 14.4 Å². The highest BCUT2D eigenvalue weighted by molar-refractivity contribution is 5.82. The van der Waals surface area contributed by atoms with Crippen LogP contribution in [0.2, 0.25) is 0 Å². The van der Waals surface area contributed by atoms with Crippen LogP contribution in [0, 0.1) is 17.8 Å². The van der Waals surface area contributed by atoms with Crippen LogP contribution in [0.5, 0.6) is 11.5 Å². The van der Waals surface area contributed by atoms with Gasteiger partial charge in [0.05, 0.1) is 13.7 Å². The van der Waals surface area contributed by atoms with Gasteiger partial charge in [0.25, 0.3) is 0 Å². The molecule has 2 saturated carbocycles. The number of para-hydroxylation sites is 2. The lowest BCUT2D eigenvalue weighted by atomic mass is 10.0. The summed E-state index contributed by atoms with van der Waals surface area (Å²) in [4.78, 5) is 17.4. The van der Waals surface area contributed by atoms with Crippen molar-refractivity contribution in [3.63, 3.8) is 0 Å². The lowest BCUT2D eigenvalue weighted by Gasteiger charge is -2.35. The highest BCUT2D eigenvalue weighted by Crippen LogP contribution is 2.56. The van der Waals surface area contributed by atoms with Gasteiger partial charge in [0, 0.05) is 38.6 Å². The van der Waals surface area contributed by atoms with E-state index < -0.39 is 0 Å². The molecular formula is C22H32N2O3. The zero-order chi connectivity index (χ0) is 18.6. The van der Waals surface area contributed by atoms with Crippen molar-refractivity contribution in [3.05, 3.63) is 24.3 Å². The Morgan fingerprint density at radius 2 is 1.70 bits per heavy atom. The minimum atomic E-state index is 0.369. The van der Waals surface area contributed by atoms with Crippen molar-refractivity contribution in [2.75, 3.05) is 46.4 Å². The third-order valence-electron chi connectivity index (χ3n) is 6.57. The molecule has 2 atom stereocenters. The van der Waals surface area contributed by atoms with Crippen molar-refractivity contribution in [3.8, 4) is 11.5 Å². The number of nitrogens with zero attached hydrogens (tertiary/aromatic N) is 2. The van der Waals surface area contributed by atoms with Crippen LogP contribution in [0.15, 0.2) is 24.3 Å². The van der Waals surface area contributed by atoms with Crippen molar-refractivity contribution < 1.29 is 14.3 Å². The number of carbonyl (C=O) groups is 1. The van der Waals surface area contributed by atoms with E-state index in [1.807, 2.05) is 24.3 Å². The SMILES string of the molecule is COc1ccccc1OCCCN1CCN(C(=O)C2[C@H]3CCCC[C@H]23)CC1. The van der Waals surface area contributed by atoms with Crippen molar-refractivity contribution >= 4 is 5.91 Å². The smallest absolute Gasteiger partial charge is 0.226 e. The lowest BCUT2D eigenvalue weighted by Crippen LogP contribution is -2.49. The second kappa shape index (κ2) is 8.51. The average molecular weight is 373 g/mol. The van der Waals surface area contributed by atoms with E-state index in [1.165, 1.54) is 25.7 Å². The van der Waals surface area contributed by atoms with E-state index in [2.05, 4.69) is 9.80 Å². The topological polar surface area (TPSA) is 42.0 Å². The number of hydrogen-bond donors (Lipinski definition) is 0. The summed E-state index contributed by atoms with van der Waals surface area (Å²) in [7, 11) is 1.67. The molecule has 27 heavy (non-hydrogen) atoms. The third kappa shape index (κ3) is 4.23. The van der Waals surface area contributed by atoms with Crippen LogP contribution >= 0.6 is 0 Å². The normalized spacial score (nSPS) is 27.7. The summed E-state index contributed by atoms with van der Waals surface area (Å²) in [5.41, 5.74) is 0. The first kappa shape index (κ1) is 18.6. The predicted octanol–water partition coefficient (Wildman–Crippen LogP) is 3.04. The van der Waals surface area contributed by atoms with Gasteiger partial charge in [-0.25, -0.2) is 0 Å². The number of carbonyl (C=O) groups excluding carboxylic acids is 1. The maximum atomic E-state index is 12.8. The quantitative estimate of drug-likeness (QED) is 0.690. The molecule has 1 aromatic carbocycles. The summed E-state index contributed by atoms with van der Waals surface area (Å²) < 4.78 is 11.2. The fourth-order valence-corrected chi connectivity index (χ4v) is 4.97. The van der Waals surface area contributed by atoms with E-state index in [1.54, 1.807) is 7.11 Å². The molecule has 2 aliphatic carbocycles. The van der Waals surface area contributed by atoms with Crippen LogP contribution in [0.3, 0.4) is 0 Å². The molecule has 0 N–H and O–H groups in total. The molecule has 1 heterocycles. The van der Waals surface area contributed by atoms with E-state index in [-0.39, 0.29) is 0 Å². The van der Waals surface area contributed by atoms with Gasteiger partial charge in [0.1, 0.15) is 0 Å². The first-order valence-corrected chi connectivity index (χ1v) is 10.5.